The second-order valence-electron chi connectivity index (χ2n) is 3.82. The van der Waals surface area contributed by atoms with Gasteiger partial charge in [0.2, 0.25) is 0 Å². The molecule has 0 aliphatic carbocycles. The Labute approximate surface area is 106 Å². The normalized spacial score (nSPS) is 9.78. The van der Waals surface area contributed by atoms with Crippen molar-refractivity contribution in [3.63, 3.8) is 0 Å². The standard InChI is InChI=1S/C14H13N3O/c15-7-11-5-6-14(16-8-11)17-9-12-3-1-2-4-13(12)10-18/h1-6,8,18H,9-10H2,(H,16,17). The molecule has 4 nitrogen and oxygen atoms in total. The van der Waals surface area contributed by atoms with Crippen molar-refractivity contribution in [3.8, 4) is 6.07 Å². The van der Waals surface area contributed by atoms with E-state index in [1.807, 2.05) is 30.3 Å². The summed E-state index contributed by atoms with van der Waals surface area (Å²) in [5, 5.41) is 21.0. The maximum Gasteiger partial charge on any atom is 0.126 e. The number of aliphatic hydroxyl groups excluding tert-OH is 1. The van der Waals surface area contributed by atoms with Crippen LogP contribution in [0.15, 0.2) is 42.6 Å². The van der Waals surface area contributed by atoms with Crippen LogP contribution < -0.4 is 5.32 Å². The van der Waals surface area contributed by atoms with E-state index in [-0.39, 0.29) is 6.61 Å². The second kappa shape index (κ2) is 5.80. The Hall–Kier alpha value is -2.38. The molecule has 0 fully saturated rings. The Bertz CT molecular complexity index is 558. The van der Waals surface area contributed by atoms with E-state index in [2.05, 4.69) is 10.3 Å². The SMILES string of the molecule is N#Cc1ccc(NCc2ccccc2CO)nc1. The number of hydrogen-bond acceptors (Lipinski definition) is 4. The number of anilines is 1. The summed E-state index contributed by atoms with van der Waals surface area (Å²) in [5.74, 6) is 0.710. The molecule has 0 atom stereocenters. The van der Waals surface area contributed by atoms with Crippen LogP contribution in [-0.2, 0) is 13.2 Å². The highest BCUT2D eigenvalue weighted by Crippen LogP contribution is 2.11. The average Bonchev–Trinajstić information content (AvgIpc) is 2.46. The molecule has 1 heterocycles. The monoisotopic (exact) mass is 239 g/mol. The maximum absolute atomic E-state index is 9.20. The smallest absolute Gasteiger partial charge is 0.126 e. The highest BCUT2D eigenvalue weighted by Gasteiger charge is 2.01. The van der Waals surface area contributed by atoms with Crippen molar-refractivity contribution in [2.75, 3.05) is 5.32 Å². The van der Waals surface area contributed by atoms with Crippen LogP contribution in [0, 0.1) is 11.3 Å². The molecule has 1 aromatic heterocycles. The van der Waals surface area contributed by atoms with Gasteiger partial charge in [0, 0.05) is 12.7 Å². The van der Waals surface area contributed by atoms with Gasteiger partial charge in [-0.25, -0.2) is 4.98 Å². The molecule has 0 aliphatic rings. The second-order valence-corrected chi connectivity index (χ2v) is 3.82. The number of nitrogens with zero attached hydrogens (tertiary/aromatic N) is 2. The fraction of sp³-hybridized carbons (Fsp3) is 0.143. The summed E-state index contributed by atoms with van der Waals surface area (Å²) in [6.45, 7) is 0.619. The van der Waals surface area contributed by atoms with Crippen molar-refractivity contribution in [3.05, 3.63) is 59.3 Å². The molecule has 2 aromatic rings. The van der Waals surface area contributed by atoms with Crippen LogP contribution in [0.25, 0.3) is 0 Å². The molecule has 90 valence electrons. The molecular formula is C14H13N3O. The van der Waals surface area contributed by atoms with Gasteiger partial charge < -0.3 is 10.4 Å². The van der Waals surface area contributed by atoms with Gasteiger partial charge in [-0.2, -0.15) is 5.26 Å². The van der Waals surface area contributed by atoms with Crippen LogP contribution in [-0.4, -0.2) is 10.1 Å². The van der Waals surface area contributed by atoms with E-state index in [0.717, 1.165) is 11.1 Å². The van der Waals surface area contributed by atoms with Gasteiger partial charge in [0.05, 0.1) is 12.2 Å². The van der Waals surface area contributed by atoms with Crippen molar-refractivity contribution in [2.24, 2.45) is 0 Å². The minimum Gasteiger partial charge on any atom is -0.392 e. The van der Waals surface area contributed by atoms with E-state index in [9.17, 15) is 5.11 Å². The first kappa shape index (κ1) is 12.1. The van der Waals surface area contributed by atoms with Crippen molar-refractivity contribution >= 4 is 5.82 Å². The summed E-state index contributed by atoms with van der Waals surface area (Å²) in [6, 6.07) is 13.2. The number of rotatable bonds is 4. The predicted molar refractivity (Wildman–Crippen MR) is 68.6 cm³/mol. The van der Waals surface area contributed by atoms with Gasteiger partial charge in [-0.3, -0.25) is 0 Å². The van der Waals surface area contributed by atoms with Crippen molar-refractivity contribution < 1.29 is 5.11 Å². The zero-order chi connectivity index (χ0) is 12.8. The first-order valence-electron chi connectivity index (χ1n) is 5.61. The summed E-state index contributed by atoms with van der Waals surface area (Å²) < 4.78 is 0. The van der Waals surface area contributed by atoms with E-state index in [0.29, 0.717) is 17.9 Å². The van der Waals surface area contributed by atoms with Crippen LogP contribution in [0.3, 0.4) is 0 Å². The molecule has 1 aromatic carbocycles. The number of benzene rings is 1. The Morgan fingerprint density at radius 3 is 2.56 bits per heavy atom. The molecule has 0 bridgehead atoms. The van der Waals surface area contributed by atoms with Gasteiger partial charge in [0.1, 0.15) is 11.9 Å². The molecule has 0 radical (unpaired) electrons. The molecule has 0 aliphatic heterocycles. The summed E-state index contributed by atoms with van der Waals surface area (Å²) in [6.07, 6.45) is 1.53. The number of nitriles is 1. The van der Waals surface area contributed by atoms with Gasteiger partial charge >= 0.3 is 0 Å². The number of aromatic nitrogens is 1. The zero-order valence-electron chi connectivity index (χ0n) is 9.80. The molecule has 0 spiro atoms. The summed E-state index contributed by atoms with van der Waals surface area (Å²) in [5.41, 5.74) is 2.47. The van der Waals surface area contributed by atoms with Crippen molar-refractivity contribution in [1.29, 1.82) is 5.26 Å². The average molecular weight is 239 g/mol. The summed E-state index contributed by atoms with van der Waals surface area (Å²) >= 11 is 0. The van der Waals surface area contributed by atoms with Crippen molar-refractivity contribution in [1.82, 2.24) is 4.98 Å². The van der Waals surface area contributed by atoms with E-state index < -0.39 is 0 Å². The van der Waals surface area contributed by atoms with Gasteiger partial charge in [-0.15, -0.1) is 0 Å². The molecular weight excluding hydrogens is 226 g/mol. The highest BCUT2D eigenvalue weighted by molar-refractivity contribution is 5.40. The van der Waals surface area contributed by atoms with Crippen LogP contribution in [0.2, 0.25) is 0 Å². The third-order valence-electron chi connectivity index (χ3n) is 2.64. The highest BCUT2D eigenvalue weighted by atomic mass is 16.3. The molecule has 18 heavy (non-hydrogen) atoms. The molecule has 0 unspecified atom stereocenters. The van der Waals surface area contributed by atoms with Crippen LogP contribution in [0.4, 0.5) is 5.82 Å². The Kier molecular flexibility index (Phi) is 3.90. The summed E-state index contributed by atoms with van der Waals surface area (Å²) in [7, 11) is 0. The van der Waals surface area contributed by atoms with E-state index in [1.54, 1.807) is 12.1 Å². The number of aliphatic hydroxyl groups is 1. The molecule has 0 amide bonds. The number of hydrogen-bond donors (Lipinski definition) is 2. The van der Waals surface area contributed by atoms with Gasteiger partial charge in [-0.1, -0.05) is 24.3 Å². The first-order valence-corrected chi connectivity index (χ1v) is 5.61. The Morgan fingerprint density at radius 2 is 1.94 bits per heavy atom. The molecule has 2 rings (SSSR count). The van der Waals surface area contributed by atoms with Crippen LogP contribution >= 0.6 is 0 Å². The Morgan fingerprint density at radius 1 is 1.17 bits per heavy atom. The van der Waals surface area contributed by atoms with Gasteiger partial charge in [0.15, 0.2) is 0 Å². The number of nitrogens with one attached hydrogen (secondary N) is 1. The van der Waals surface area contributed by atoms with Gasteiger partial charge in [-0.05, 0) is 23.3 Å². The van der Waals surface area contributed by atoms with Crippen LogP contribution in [0.1, 0.15) is 16.7 Å². The van der Waals surface area contributed by atoms with Crippen LogP contribution in [0.5, 0.6) is 0 Å². The molecule has 4 heteroatoms. The minimum atomic E-state index is 0.0264. The summed E-state index contributed by atoms with van der Waals surface area (Å²) in [4.78, 5) is 4.12. The number of pyridine rings is 1. The third kappa shape index (κ3) is 2.84. The molecule has 0 saturated carbocycles. The first-order chi connectivity index (χ1) is 8.83. The quantitative estimate of drug-likeness (QED) is 0.856. The van der Waals surface area contributed by atoms with E-state index in [4.69, 9.17) is 5.26 Å². The fourth-order valence-corrected chi connectivity index (χ4v) is 1.63. The lowest BCUT2D eigenvalue weighted by molar-refractivity contribution is 0.280. The lowest BCUT2D eigenvalue weighted by Gasteiger charge is -2.09. The van der Waals surface area contributed by atoms with Gasteiger partial charge in [0.25, 0.3) is 0 Å². The maximum atomic E-state index is 9.20. The molecule has 2 N–H and O–H groups in total. The van der Waals surface area contributed by atoms with Crippen molar-refractivity contribution in [2.45, 2.75) is 13.2 Å². The largest absolute Gasteiger partial charge is 0.392 e. The predicted octanol–water partition coefficient (Wildman–Crippen LogP) is 2.06. The Balaban J connectivity index is 2.04. The third-order valence-corrected chi connectivity index (χ3v) is 2.64. The zero-order valence-corrected chi connectivity index (χ0v) is 9.80. The van der Waals surface area contributed by atoms with E-state index >= 15 is 0 Å². The topological polar surface area (TPSA) is 68.9 Å². The lowest BCUT2D eigenvalue weighted by Crippen LogP contribution is -2.04. The molecule has 0 saturated heterocycles. The van der Waals surface area contributed by atoms with E-state index in [1.165, 1.54) is 6.20 Å². The lowest BCUT2D eigenvalue weighted by atomic mass is 10.1. The minimum absolute atomic E-state index is 0.0264. The fourth-order valence-electron chi connectivity index (χ4n) is 1.63.